The van der Waals surface area contributed by atoms with Crippen molar-refractivity contribution in [1.29, 1.82) is 0 Å². The van der Waals surface area contributed by atoms with Crippen LogP contribution in [0.5, 0.6) is 0 Å². The van der Waals surface area contributed by atoms with Gasteiger partial charge in [-0.15, -0.1) is 0 Å². The molecule has 2 rings (SSSR count). The fourth-order valence-electron chi connectivity index (χ4n) is 1.67. The number of rotatable bonds is 5. The molecular formula is C13H18N4. The summed E-state index contributed by atoms with van der Waals surface area (Å²) in [6, 6.07) is 2.10. The molecule has 0 aliphatic rings. The molecule has 0 unspecified atom stereocenters. The van der Waals surface area contributed by atoms with Gasteiger partial charge in [0.05, 0.1) is 23.9 Å². The van der Waals surface area contributed by atoms with E-state index in [2.05, 4.69) is 28.3 Å². The fraction of sp³-hybridized carbons (Fsp3) is 0.385. The zero-order chi connectivity index (χ0) is 12.1. The van der Waals surface area contributed by atoms with E-state index in [-0.39, 0.29) is 0 Å². The van der Waals surface area contributed by atoms with Crippen molar-refractivity contribution in [3.63, 3.8) is 0 Å². The average Bonchev–Trinajstić information content (AvgIpc) is 2.78. The first-order valence-electron chi connectivity index (χ1n) is 5.95. The summed E-state index contributed by atoms with van der Waals surface area (Å²) < 4.78 is 2.00. The van der Waals surface area contributed by atoms with Gasteiger partial charge in [-0.25, -0.2) is 4.98 Å². The van der Waals surface area contributed by atoms with Crippen molar-refractivity contribution in [2.75, 3.05) is 6.54 Å². The first-order valence-corrected chi connectivity index (χ1v) is 5.95. The number of nitrogens with zero attached hydrogens (tertiary/aromatic N) is 3. The highest BCUT2D eigenvalue weighted by molar-refractivity contribution is 5.31. The molecule has 1 N–H and O–H groups in total. The summed E-state index contributed by atoms with van der Waals surface area (Å²) in [5, 5.41) is 3.34. The quantitative estimate of drug-likeness (QED) is 0.800. The fourth-order valence-corrected chi connectivity index (χ4v) is 1.67. The Morgan fingerprint density at radius 3 is 3.00 bits per heavy atom. The van der Waals surface area contributed by atoms with Gasteiger partial charge in [-0.3, -0.25) is 4.98 Å². The van der Waals surface area contributed by atoms with E-state index in [0.717, 1.165) is 36.5 Å². The lowest BCUT2D eigenvalue weighted by Gasteiger charge is -2.02. The van der Waals surface area contributed by atoms with Gasteiger partial charge < -0.3 is 9.88 Å². The molecule has 0 amide bonds. The Labute approximate surface area is 102 Å². The predicted octanol–water partition coefficient (Wildman–Crippen LogP) is 2.08. The summed E-state index contributed by atoms with van der Waals surface area (Å²) in [6.45, 7) is 6.04. The van der Waals surface area contributed by atoms with Crippen molar-refractivity contribution in [3.05, 3.63) is 42.2 Å². The van der Waals surface area contributed by atoms with Gasteiger partial charge in [0, 0.05) is 18.9 Å². The second-order valence-corrected chi connectivity index (χ2v) is 4.17. The summed E-state index contributed by atoms with van der Waals surface area (Å²) in [7, 11) is 0. The van der Waals surface area contributed by atoms with Crippen LogP contribution in [0.2, 0.25) is 0 Å². The molecule has 4 heteroatoms. The van der Waals surface area contributed by atoms with Crippen LogP contribution in [0.15, 0.2) is 31.0 Å². The van der Waals surface area contributed by atoms with Crippen molar-refractivity contribution in [1.82, 2.24) is 19.9 Å². The van der Waals surface area contributed by atoms with Crippen LogP contribution in [0, 0.1) is 6.92 Å². The number of hydrogen-bond acceptors (Lipinski definition) is 3. The Kier molecular flexibility index (Phi) is 3.88. The maximum Gasteiger partial charge on any atom is 0.0996 e. The van der Waals surface area contributed by atoms with Crippen LogP contribution in [-0.4, -0.2) is 21.1 Å². The highest BCUT2D eigenvalue weighted by Crippen LogP contribution is 2.08. The minimum absolute atomic E-state index is 0.820. The van der Waals surface area contributed by atoms with Crippen LogP contribution in [0.1, 0.15) is 24.6 Å². The van der Waals surface area contributed by atoms with Crippen molar-refractivity contribution in [2.24, 2.45) is 0 Å². The molecule has 0 bridgehead atoms. The predicted molar refractivity (Wildman–Crippen MR) is 68.1 cm³/mol. The lowest BCUT2D eigenvalue weighted by molar-refractivity contribution is 0.666. The van der Waals surface area contributed by atoms with E-state index < -0.39 is 0 Å². The molecule has 0 aliphatic carbocycles. The van der Waals surface area contributed by atoms with Crippen LogP contribution in [0.25, 0.3) is 5.69 Å². The minimum atomic E-state index is 0.820. The highest BCUT2D eigenvalue weighted by atomic mass is 15.1. The Bertz CT molecular complexity index is 476. The molecule has 0 aliphatic heterocycles. The first kappa shape index (κ1) is 11.8. The van der Waals surface area contributed by atoms with Crippen LogP contribution in [0.4, 0.5) is 0 Å². The van der Waals surface area contributed by atoms with Gasteiger partial charge in [-0.1, -0.05) is 6.92 Å². The number of imidazole rings is 1. The monoisotopic (exact) mass is 230 g/mol. The average molecular weight is 230 g/mol. The van der Waals surface area contributed by atoms with Crippen LogP contribution in [-0.2, 0) is 6.54 Å². The molecule has 0 atom stereocenters. The first-order chi connectivity index (χ1) is 8.29. The number of hydrogen-bond donors (Lipinski definition) is 1. The van der Waals surface area contributed by atoms with Gasteiger partial charge >= 0.3 is 0 Å². The summed E-state index contributed by atoms with van der Waals surface area (Å²) >= 11 is 0. The smallest absolute Gasteiger partial charge is 0.0996 e. The van der Waals surface area contributed by atoms with Crippen molar-refractivity contribution in [2.45, 2.75) is 26.8 Å². The van der Waals surface area contributed by atoms with Crippen molar-refractivity contribution < 1.29 is 0 Å². The van der Waals surface area contributed by atoms with Gasteiger partial charge in [-0.2, -0.15) is 0 Å². The SMILES string of the molecule is CCCNCc1cn(-c2cncc(C)c2)cn1. The number of aromatic nitrogens is 3. The lowest BCUT2D eigenvalue weighted by Crippen LogP contribution is -2.13. The molecule has 2 aromatic rings. The standard InChI is InChI=1S/C13H18N4/c1-3-4-14-7-12-9-17(10-16-12)13-5-11(2)6-15-8-13/h5-6,8-10,14H,3-4,7H2,1-2H3. The molecule has 2 aromatic heterocycles. The third-order valence-corrected chi connectivity index (χ3v) is 2.53. The van der Waals surface area contributed by atoms with Gasteiger partial charge in [0.2, 0.25) is 0 Å². The van der Waals surface area contributed by atoms with Crippen LogP contribution < -0.4 is 5.32 Å². The molecule has 0 radical (unpaired) electrons. The Hall–Kier alpha value is -1.68. The third kappa shape index (κ3) is 3.14. The second-order valence-electron chi connectivity index (χ2n) is 4.17. The molecule has 17 heavy (non-hydrogen) atoms. The number of nitrogens with one attached hydrogen (secondary N) is 1. The Balaban J connectivity index is 2.07. The summed E-state index contributed by atoms with van der Waals surface area (Å²) in [6.07, 6.45) is 8.71. The second kappa shape index (κ2) is 5.59. The molecule has 0 aromatic carbocycles. The van der Waals surface area contributed by atoms with E-state index in [4.69, 9.17) is 0 Å². The normalized spacial score (nSPS) is 10.7. The lowest BCUT2D eigenvalue weighted by atomic mass is 10.3. The van der Waals surface area contributed by atoms with E-state index in [1.54, 1.807) is 0 Å². The largest absolute Gasteiger partial charge is 0.311 e. The summed E-state index contributed by atoms with van der Waals surface area (Å²) in [5.74, 6) is 0. The van der Waals surface area contributed by atoms with Gasteiger partial charge in [0.1, 0.15) is 0 Å². The van der Waals surface area contributed by atoms with Crippen LogP contribution >= 0.6 is 0 Å². The minimum Gasteiger partial charge on any atom is -0.311 e. The van der Waals surface area contributed by atoms with Crippen molar-refractivity contribution in [3.8, 4) is 5.69 Å². The molecule has 90 valence electrons. The molecule has 2 heterocycles. The maximum atomic E-state index is 4.37. The molecular weight excluding hydrogens is 212 g/mol. The van der Waals surface area contributed by atoms with E-state index in [1.807, 2.05) is 36.4 Å². The van der Waals surface area contributed by atoms with Gasteiger partial charge in [0.15, 0.2) is 0 Å². The molecule has 0 saturated heterocycles. The van der Waals surface area contributed by atoms with E-state index in [9.17, 15) is 0 Å². The number of pyridine rings is 1. The molecule has 0 spiro atoms. The molecule has 4 nitrogen and oxygen atoms in total. The zero-order valence-electron chi connectivity index (χ0n) is 10.3. The van der Waals surface area contributed by atoms with E-state index >= 15 is 0 Å². The van der Waals surface area contributed by atoms with Gasteiger partial charge in [-0.05, 0) is 31.5 Å². The Morgan fingerprint density at radius 1 is 1.35 bits per heavy atom. The summed E-state index contributed by atoms with van der Waals surface area (Å²) in [5.41, 5.74) is 3.26. The summed E-state index contributed by atoms with van der Waals surface area (Å²) in [4.78, 5) is 8.55. The number of aryl methyl sites for hydroxylation is 1. The van der Waals surface area contributed by atoms with Crippen LogP contribution in [0.3, 0.4) is 0 Å². The molecule has 0 fully saturated rings. The highest BCUT2D eigenvalue weighted by Gasteiger charge is 2.00. The zero-order valence-corrected chi connectivity index (χ0v) is 10.3. The topological polar surface area (TPSA) is 42.7 Å². The van der Waals surface area contributed by atoms with E-state index in [1.165, 1.54) is 0 Å². The molecule has 0 saturated carbocycles. The van der Waals surface area contributed by atoms with E-state index in [0.29, 0.717) is 0 Å². The Morgan fingerprint density at radius 2 is 2.24 bits per heavy atom. The van der Waals surface area contributed by atoms with Crippen molar-refractivity contribution >= 4 is 0 Å². The maximum absolute atomic E-state index is 4.37. The third-order valence-electron chi connectivity index (χ3n) is 2.53. The van der Waals surface area contributed by atoms with Gasteiger partial charge in [0.25, 0.3) is 0 Å².